The van der Waals surface area contributed by atoms with Gasteiger partial charge in [-0.2, -0.15) is 0 Å². The second-order valence-electron chi connectivity index (χ2n) is 19.7. The van der Waals surface area contributed by atoms with Crippen molar-refractivity contribution in [3.05, 3.63) is 36.5 Å². The summed E-state index contributed by atoms with van der Waals surface area (Å²) in [7, 11) is 0. The van der Waals surface area contributed by atoms with Crippen LogP contribution in [0.25, 0.3) is 0 Å². The topological polar surface area (TPSA) is 307 Å². The van der Waals surface area contributed by atoms with Crippen LogP contribution >= 0.6 is 0 Å². The molecule has 12 N–H and O–H groups in total. The lowest BCUT2D eigenvalue weighted by atomic mass is 9.96. The highest BCUT2D eigenvalue weighted by Gasteiger charge is 2.53. The highest BCUT2D eigenvalue weighted by atomic mass is 16.8. The third kappa shape index (κ3) is 22.7. The Labute approximate surface area is 428 Å². The molecule has 0 bridgehead atoms. The van der Waals surface area contributed by atoms with E-state index in [2.05, 4.69) is 30.5 Å². The lowest BCUT2D eigenvalue weighted by molar-refractivity contribution is -0.379. The van der Waals surface area contributed by atoms with Crippen LogP contribution in [0.5, 0.6) is 0 Å². The van der Waals surface area contributed by atoms with Crippen molar-refractivity contribution in [2.45, 2.75) is 266 Å². The van der Waals surface area contributed by atoms with Crippen LogP contribution in [0.1, 0.15) is 162 Å². The Bertz CT molecular complexity index is 1470. The molecule has 3 aliphatic rings. The van der Waals surface area contributed by atoms with Gasteiger partial charge >= 0.3 is 0 Å². The molecule has 0 aliphatic carbocycles. The third-order valence-electron chi connectivity index (χ3n) is 13.8. The minimum absolute atomic E-state index is 0.234. The van der Waals surface area contributed by atoms with Crippen molar-refractivity contribution in [3.8, 4) is 0 Å². The van der Waals surface area contributed by atoms with Gasteiger partial charge in [-0.25, -0.2) is 0 Å². The molecule has 72 heavy (non-hydrogen) atoms. The average molecular weight is 1030 g/mol. The molecule has 19 nitrogen and oxygen atoms in total. The van der Waals surface area contributed by atoms with Crippen molar-refractivity contribution < 1.29 is 89.4 Å². The van der Waals surface area contributed by atoms with E-state index in [1.807, 2.05) is 13.0 Å². The predicted molar refractivity (Wildman–Crippen MR) is 268 cm³/mol. The Morgan fingerprint density at radius 1 is 0.514 bits per heavy atom. The van der Waals surface area contributed by atoms with Crippen molar-refractivity contribution >= 4 is 5.91 Å². The second-order valence-corrected chi connectivity index (χ2v) is 19.7. The lowest BCUT2D eigenvalue weighted by Gasteiger charge is -2.48. The van der Waals surface area contributed by atoms with Crippen molar-refractivity contribution in [1.29, 1.82) is 0 Å². The van der Waals surface area contributed by atoms with Gasteiger partial charge in [0.25, 0.3) is 0 Å². The number of aliphatic hydroxyl groups is 11. The molecule has 3 rings (SSSR count). The summed E-state index contributed by atoms with van der Waals surface area (Å²) in [6, 6.07) is -0.990. The molecule has 17 atom stereocenters. The van der Waals surface area contributed by atoms with Crippen molar-refractivity contribution in [2.24, 2.45) is 0 Å². The fraction of sp³-hybridized carbons (Fsp3) is 0.868. The monoisotopic (exact) mass is 1030 g/mol. The van der Waals surface area contributed by atoms with Gasteiger partial charge < -0.3 is 89.9 Å². The summed E-state index contributed by atoms with van der Waals surface area (Å²) >= 11 is 0. The Morgan fingerprint density at radius 3 is 1.39 bits per heavy atom. The number of hydrogen-bond acceptors (Lipinski definition) is 18. The van der Waals surface area contributed by atoms with Gasteiger partial charge in [-0.1, -0.05) is 153 Å². The fourth-order valence-electron chi connectivity index (χ4n) is 9.23. The van der Waals surface area contributed by atoms with Gasteiger partial charge in [0.05, 0.1) is 38.6 Å². The Morgan fingerprint density at radius 2 is 0.917 bits per heavy atom. The van der Waals surface area contributed by atoms with Gasteiger partial charge in [-0.05, 0) is 39.0 Å². The van der Waals surface area contributed by atoms with Crippen molar-refractivity contribution in [3.63, 3.8) is 0 Å². The van der Waals surface area contributed by atoms with E-state index in [0.29, 0.717) is 12.8 Å². The maximum Gasteiger partial charge on any atom is 0.220 e. The highest BCUT2D eigenvalue weighted by molar-refractivity contribution is 5.76. The summed E-state index contributed by atoms with van der Waals surface area (Å²) in [5.41, 5.74) is 0. The molecule has 3 heterocycles. The number of rotatable bonds is 38. The summed E-state index contributed by atoms with van der Waals surface area (Å²) in [5, 5.41) is 120. The first kappa shape index (κ1) is 64.3. The van der Waals surface area contributed by atoms with E-state index in [1.54, 1.807) is 12.2 Å². The molecule has 1 amide bonds. The SMILES string of the molecule is C/C=C/CC/C=C/CC/C=C/C(O)C(COC1OC(CO)C(OC2OC(CO)C(OC3OC(CO)C(O)C(O)C3O)C(O)C2O)C(O)C1O)NC(=O)CCCCCCCCCCCCCCCCCCCC. The number of amides is 1. The molecule has 3 aliphatic heterocycles. The first-order chi connectivity index (χ1) is 34.8. The number of unbranched alkanes of at least 4 members (excludes halogenated alkanes) is 19. The number of aliphatic hydroxyl groups excluding tert-OH is 11. The smallest absolute Gasteiger partial charge is 0.220 e. The molecule has 0 spiro atoms. The number of allylic oxidation sites excluding steroid dienone is 5. The van der Waals surface area contributed by atoms with Crippen LogP contribution in [0.2, 0.25) is 0 Å². The Kier molecular flexibility index (Phi) is 33.7. The molecule has 420 valence electrons. The van der Waals surface area contributed by atoms with Crippen LogP contribution in [0, 0.1) is 0 Å². The zero-order chi connectivity index (χ0) is 52.7. The maximum atomic E-state index is 13.2. The molecule has 17 unspecified atom stereocenters. The summed E-state index contributed by atoms with van der Waals surface area (Å²) in [6.07, 6.45) is 10.4. The largest absolute Gasteiger partial charge is 0.394 e. The lowest BCUT2D eigenvalue weighted by Crippen LogP contribution is -2.66. The molecule has 19 heteroatoms. The maximum absolute atomic E-state index is 13.2. The van der Waals surface area contributed by atoms with Crippen LogP contribution < -0.4 is 5.32 Å². The van der Waals surface area contributed by atoms with E-state index >= 15 is 0 Å². The molecule has 0 aromatic heterocycles. The average Bonchev–Trinajstić information content (AvgIpc) is 3.37. The molecule has 0 radical (unpaired) electrons. The van der Waals surface area contributed by atoms with E-state index in [-0.39, 0.29) is 18.9 Å². The van der Waals surface area contributed by atoms with Gasteiger partial charge in [0, 0.05) is 6.42 Å². The molecule has 3 fully saturated rings. The molecule has 0 saturated carbocycles. The minimum atomic E-state index is -1.98. The minimum Gasteiger partial charge on any atom is -0.394 e. The van der Waals surface area contributed by atoms with Gasteiger partial charge in [0.15, 0.2) is 18.9 Å². The molecular formula is C53H95NO18. The van der Waals surface area contributed by atoms with E-state index < -0.39 is 124 Å². The fourth-order valence-corrected chi connectivity index (χ4v) is 9.23. The Hall–Kier alpha value is -1.99. The summed E-state index contributed by atoms with van der Waals surface area (Å²) in [5.74, 6) is -0.293. The van der Waals surface area contributed by atoms with Crippen molar-refractivity contribution in [1.82, 2.24) is 5.32 Å². The normalized spacial score (nSPS) is 32.3. The van der Waals surface area contributed by atoms with E-state index in [9.17, 15) is 61.0 Å². The van der Waals surface area contributed by atoms with Gasteiger partial charge in [-0.3, -0.25) is 4.79 Å². The number of nitrogens with one attached hydrogen (secondary N) is 1. The third-order valence-corrected chi connectivity index (χ3v) is 13.8. The molecule has 0 aromatic carbocycles. The molecule has 0 aromatic rings. The molecular weight excluding hydrogens is 939 g/mol. The van der Waals surface area contributed by atoms with Crippen LogP contribution in [0.4, 0.5) is 0 Å². The predicted octanol–water partition coefficient (Wildman–Crippen LogP) is 2.98. The van der Waals surface area contributed by atoms with Crippen LogP contribution in [0.15, 0.2) is 36.5 Å². The zero-order valence-electron chi connectivity index (χ0n) is 43.1. The first-order valence-electron chi connectivity index (χ1n) is 27.2. The number of carbonyl (C=O) groups excluding carboxylic acids is 1. The van der Waals surface area contributed by atoms with Crippen LogP contribution in [-0.4, -0.2) is 193 Å². The van der Waals surface area contributed by atoms with Gasteiger partial charge in [-0.15, -0.1) is 0 Å². The second kappa shape index (κ2) is 37.7. The Balaban J connectivity index is 1.51. The summed E-state index contributed by atoms with van der Waals surface area (Å²) in [6.45, 7) is 1.43. The first-order valence-corrected chi connectivity index (χ1v) is 27.2. The highest BCUT2D eigenvalue weighted by Crippen LogP contribution is 2.33. The quantitative estimate of drug-likeness (QED) is 0.0313. The van der Waals surface area contributed by atoms with Crippen molar-refractivity contribution in [2.75, 3.05) is 26.4 Å². The number of carbonyl (C=O) groups is 1. The standard InChI is InChI=1S/C53H95NO18/c1-3-5-7-9-11-13-14-15-16-17-18-19-20-21-23-25-27-29-31-41(59)54-36(37(58)30-28-26-24-22-12-10-8-6-4-2)35-67-51-47(65)44(62)49(39(33-56)69-51)72-53-48(66)45(63)50(40(34-57)70-53)71-52-46(64)43(61)42(60)38(32-55)68-52/h4,6,12,22,28,30,36-40,42-53,55-58,60-66H,3,5,7-11,13-21,23-27,29,31-35H2,1-2H3,(H,54,59)/b6-4+,22-12+,30-28+. The van der Waals surface area contributed by atoms with Gasteiger partial charge in [0.1, 0.15) is 73.2 Å². The van der Waals surface area contributed by atoms with Crippen LogP contribution in [-0.2, 0) is 33.2 Å². The van der Waals surface area contributed by atoms with Gasteiger partial charge in [0.2, 0.25) is 5.91 Å². The van der Waals surface area contributed by atoms with E-state index in [1.165, 1.54) is 89.9 Å². The molecule has 3 saturated heterocycles. The number of hydrogen-bond donors (Lipinski definition) is 12. The number of ether oxygens (including phenoxy) is 6. The summed E-state index contributed by atoms with van der Waals surface area (Å²) in [4.78, 5) is 13.2. The van der Waals surface area contributed by atoms with E-state index in [4.69, 9.17) is 28.4 Å². The zero-order valence-corrected chi connectivity index (χ0v) is 43.1. The van der Waals surface area contributed by atoms with Crippen LogP contribution in [0.3, 0.4) is 0 Å². The van der Waals surface area contributed by atoms with E-state index in [0.717, 1.165) is 38.5 Å². The summed E-state index contributed by atoms with van der Waals surface area (Å²) < 4.78 is 34.1.